The topological polar surface area (TPSA) is 34.1 Å². The molecule has 144 valence electrons. The molecule has 0 aromatic carbocycles. The molecule has 0 unspecified atom stereocenters. The van der Waals surface area contributed by atoms with Crippen LogP contribution in [0, 0.1) is 28.6 Å². The zero-order chi connectivity index (χ0) is 18.4. The Balaban J connectivity index is 1.57. The van der Waals surface area contributed by atoms with Crippen LogP contribution in [0.4, 0.5) is 0 Å². The Morgan fingerprint density at radius 2 is 1.81 bits per heavy atom. The number of ketones is 2. The minimum absolute atomic E-state index is 0.0248. The normalized spacial score (nSPS) is 42.1. The van der Waals surface area contributed by atoms with Gasteiger partial charge >= 0.3 is 0 Å². The summed E-state index contributed by atoms with van der Waals surface area (Å²) in [5.41, 5.74) is 1.70. The monoisotopic (exact) mass is 356 g/mol. The predicted molar refractivity (Wildman–Crippen MR) is 105 cm³/mol. The van der Waals surface area contributed by atoms with E-state index in [9.17, 15) is 9.59 Å². The summed E-state index contributed by atoms with van der Waals surface area (Å²) in [6, 6.07) is 0. The van der Waals surface area contributed by atoms with Crippen LogP contribution in [0.25, 0.3) is 0 Å². The van der Waals surface area contributed by atoms with Crippen LogP contribution in [0.1, 0.15) is 97.3 Å². The predicted octanol–water partition coefficient (Wildman–Crippen LogP) is 6.04. The third-order valence-corrected chi connectivity index (χ3v) is 8.88. The lowest BCUT2D eigenvalue weighted by atomic mass is 9.46. The number of fused-ring (bicyclic) bond motifs is 5. The molecule has 0 bridgehead atoms. The van der Waals surface area contributed by atoms with Crippen LogP contribution < -0.4 is 0 Å². The Bertz CT molecular complexity index is 618. The van der Waals surface area contributed by atoms with Gasteiger partial charge in [-0.05, 0) is 74.2 Å². The van der Waals surface area contributed by atoms with E-state index in [-0.39, 0.29) is 10.8 Å². The average Bonchev–Trinajstić information content (AvgIpc) is 2.96. The SMILES string of the molecule is CCCCCC[C@]12CC[C@H]3[C@@H](CCC4=CC(=O)CC[C@@]43C)[C@@H]1CCC2=O. The molecule has 4 rings (SSSR count). The maximum atomic E-state index is 13.0. The first-order valence-corrected chi connectivity index (χ1v) is 11.3. The third-order valence-electron chi connectivity index (χ3n) is 8.88. The molecule has 26 heavy (non-hydrogen) atoms. The molecular formula is C24H36O2. The lowest BCUT2D eigenvalue weighted by Gasteiger charge is -2.57. The molecule has 0 N–H and O–H groups in total. The first-order valence-electron chi connectivity index (χ1n) is 11.3. The van der Waals surface area contributed by atoms with E-state index in [2.05, 4.69) is 13.8 Å². The molecule has 0 aromatic heterocycles. The molecule has 3 saturated carbocycles. The lowest BCUT2D eigenvalue weighted by Crippen LogP contribution is -2.51. The first-order chi connectivity index (χ1) is 12.5. The minimum Gasteiger partial charge on any atom is -0.299 e. The van der Waals surface area contributed by atoms with Gasteiger partial charge in [0.2, 0.25) is 0 Å². The summed E-state index contributed by atoms with van der Waals surface area (Å²) in [7, 11) is 0. The van der Waals surface area contributed by atoms with Crippen molar-refractivity contribution in [3.05, 3.63) is 11.6 Å². The van der Waals surface area contributed by atoms with Gasteiger partial charge in [0, 0.05) is 18.3 Å². The van der Waals surface area contributed by atoms with Crippen molar-refractivity contribution in [2.45, 2.75) is 97.3 Å². The molecule has 3 fully saturated rings. The number of unbranched alkanes of at least 4 members (excludes halogenated alkanes) is 3. The zero-order valence-corrected chi connectivity index (χ0v) is 16.8. The van der Waals surface area contributed by atoms with Gasteiger partial charge in [-0.3, -0.25) is 9.59 Å². The zero-order valence-electron chi connectivity index (χ0n) is 16.8. The summed E-state index contributed by atoms with van der Waals surface area (Å²) in [6.45, 7) is 4.70. The van der Waals surface area contributed by atoms with Crippen LogP contribution in [0.15, 0.2) is 11.6 Å². The Morgan fingerprint density at radius 3 is 2.62 bits per heavy atom. The second-order valence-corrected chi connectivity index (χ2v) is 9.94. The molecule has 0 spiro atoms. The summed E-state index contributed by atoms with van der Waals surface area (Å²) in [5, 5.41) is 0. The van der Waals surface area contributed by atoms with Crippen LogP contribution in [0.5, 0.6) is 0 Å². The van der Waals surface area contributed by atoms with Gasteiger partial charge in [0.15, 0.2) is 5.78 Å². The van der Waals surface area contributed by atoms with Crippen LogP contribution in [0.2, 0.25) is 0 Å². The summed E-state index contributed by atoms with van der Waals surface area (Å²) in [4.78, 5) is 25.0. The summed E-state index contributed by atoms with van der Waals surface area (Å²) in [6.07, 6.45) is 16.6. The van der Waals surface area contributed by atoms with Gasteiger partial charge in [-0.25, -0.2) is 0 Å². The fraction of sp³-hybridized carbons (Fsp3) is 0.833. The smallest absolute Gasteiger partial charge is 0.155 e. The largest absolute Gasteiger partial charge is 0.299 e. The fourth-order valence-corrected chi connectivity index (χ4v) is 7.46. The molecule has 4 aliphatic rings. The summed E-state index contributed by atoms with van der Waals surface area (Å²) < 4.78 is 0. The van der Waals surface area contributed by atoms with E-state index in [1.165, 1.54) is 44.1 Å². The van der Waals surface area contributed by atoms with Crippen molar-refractivity contribution in [2.75, 3.05) is 0 Å². The number of allylic oxidation sites excluding steroid dienone is 1. The number of rotatable bonds is 5. The molecule has 0 aromatic rings. The van der Waals surface area contributed by atoms with Crippen LogP contribution >= 0.6 is 0 Å². The van der Waals surface area contributed by atoms with E-state index in [1.807, 2.05) is 6.08 Å². The van der Waals surface area contributed by atoms with E-state index in [0.29, 0.717) is 23.4 Å². The Morgan fingerprint density at radius 1 is 0.962 bits per heavy atom. The second-order valence-electron chi connectivity index (χ2n) is 9.94. The van der Waals surface area contributed by atoms with Gasteiger partial charge in [-0.15, -0.1) is 0 Å². The van der Waals surface area contributed by atoms with Crippen LogP contribution in [-0.2, 0) is 9.59 Å². The second kappa shape index (κ2) is 6.91. The molecule has 0 aliphatic heterocycles. The minimum atomic E-state index is 0.0248. The number of hydrogen-bond acceptors (Lipinski definition) is 2. The van der Waals surface area contributed by atoms with Gasteiger partial charge in [-0.2, -0.15) is 0 Å². The summed E-state index contributed by atoms with van der Waals surface area (Å²) >= 11 is 0. The molecule has 0 heterocycles. The Kier molecular flexibility index (Phi) is 4.90. The number of hydrogen-bond donors (Lipinski definition) is 0. The maximum Gasteiger partial charge on any atom is 0.155 e. The molecule has 0 amide bonds. The van der Waals surface area contributed by atoms with Crippen molar-refractivity contribution in [1.29, 1.82) is 0 Å². The highest BCUT2D eigenvalue weighted by Crippen LogP contribution is 2.65. The van der Waals surface area contributed by atoms with E-state index in [4.69, 9.17) is 0 Å². The Hall–Kier alpha value is -0.920. The molecule has 2 nitrogen and oxygen atoms in total. The van der Waals surface area contributed by atoms with E-state index < -0.39 is 0 Å². The van der Waals surface area contributed by atoms with Gasteiger partial charge in [-0.1, -0.05) is 45.1 Å². The van der Waals surface area contributed by atoms with E-state index in [0.717, 1.165) is 50.9 Å². The standard InChI is InChI=1S/C24H36O2/c1-3-4-5-6-13-24-15-12-20-19(21(24)9-10-22(24)26)8-7-17-16-18(25)11-14-23(17,20)2/h16,19-21H,3-15H2,1-2H3/t19-,20+,21+,23+,24+/m1/s1. The number of Topliss-reactive ketones (excluding diaryl/α,β-unsaturated/α-hetero) is 1. The van der Waals surface area contributed by atoms with Crippen molar-refractivity contribution in [3.8, 4) is 0 Å². The highest BCUT2D eigenvalue weighted by atomic mass is 16.1. The van der Waals surface area contributed by atoms with Crippen molar-refractivity contribution in [1.82, 2.24) is 0 Å². The molecule has 0 saturated heterocycles. The number of carbonyl (C=O) groups is 2. The third kappa shape index (κ3) is 2.74. The van der Waals surface area contributed by atoms with Crippen LogP contribution in [-0.4, -0.2) is 11.6 Å². The van der Waals surface area contributed by atoms with Crippen molar-refractivity contribution < 1.29 is 9.59 Å². The van der Waals surface area contributed by atoms with Crippen LogP contribution in [0.3, 0.4) is 0 Å². The fourth-order valence-electron chi connectivity index (χ4n) is 7.46. The van der Waals surface area contributed by atoms with Gasteiger partial charge in [0.25, 0.3) is 0 Å². The molecule has 2 heteroatoms. The molecule has 5 atom stereocenters. The summed E-state index contributed by atoms with van der Waals surface area (Å²) in [5.74, 6) is 2.99. The van der Waals surface area contributed by atoms with Crippen molar-refractivity contribution in [3.63, 3.8) is 0 Å². The highest BCUT2D eigenvalue weighted by molar-refractivity contribution is 5.91. The average molecular weight is 357 g/mol. The van der Waals surface area contributed by atoms with Crippen molar-refractivity contribution >= 4 is 11.6 Å². The number of carbonyl (C=O) groups excluding carboxylic acids is 2. The quantitative estimate of drug-likeness (QED) is 0.563. The Labute approximate surface area is 159 Å². The van der Waals surface area contributed by atoms with Crippen molar-refractivity contribution in [2.24, 2.45) is 28.6 Å². The molecular weight excluding hydrogens is 320 g/mol. The molecule has 0 radical (unpaired) electrons. The molecule has 4 aliphatic carbocycles. The van der Waals surface area contributed by atoms with E-state index >= 15 is 0 Å². The lowest BCUT2D eigenvalue weighted by molar-refractivity contribution is -0.135. The highest BCUT2D eigenvalue weighted by Gasteiger charge is 2.60. The van der Waals surface area contributed by atoms with E-state index in [1.54, 1.807) is 0 Å². The van der Waals surface area contributed by atoms with Gasteiger partial charge < -0.3 is 0 Å². The first kappa shape index (κ1) is 18.4. The van der Waals surface area contributed by atoms with Gasteiger partial charge in [0.05, 0.1) is 0 Å². The van der Waals surface area contributed by atoms with Gasteiger partial charge in [0.1, 0.15) is 5.78 Å². The maximum absolute atomic E-state index is 13.0.